The molecule has 1 N–H and O–H groups in total. The van der Waals surface area contributed by atoms with Crippen LogP contribution in [-0.2, 0) is 0 Å². The first kappa shape index (κ1) is 11.8. The maximum atomic E-state index is 3.47. The lowest BCUT2D eigenvalue weighted by atomic mass is 10.1. The summed E-state index contributed by atoms with van der Waals surface area (Å²) in [6.45, 7) is 9.71. The minimum absolute atomic E-state index is 0.671. The maximum Gasteiger partial charge on any atom is 0.0413 e. The number of para-hydroxylation sites is 1. The van der Waals surface area contributed by atoms with Gasteiger partial charge in [-0.05, 0) is 31.4 Å². The van der Waals surface area contributed by atoms with E-state index >= 15 is 0 Å². The molecule has 1 aromatic carbocycles. The summed E-state index contributed by atoms with van der Waals surface area (Å²) in [5.74, 6) is 0.671. The Hall–Kier alpha value is -1.24. The summed E-state index contributed by atoms with van der Waals surface area (Å²) in [6, 6.07) is 8.44. The fraction of sp³-hybridized carbons (Fsp3) is 0.429. The zero-order valence-corrected chi connectivity index (χ0v) is 10.2. The van der Waals surface area contributed by atoms with Gasteiger partial charge in [-0.3, -0.25) is 0 Å². The standard InChI is InChI=1S/C14H21N/c1-11(2)9-13-7-5-6-8-14(13)15-10-12(3)4/h5-9,12,15H,10H2,1-4H3. The fourth-order valence-electron chi connectivity index (χ4n) is 1.41. The van der Waals surface area contributed by atoms with Crippen molar-refractivity contribution in [2.75, 3.05) is 11.9 Å². The van der Waals surface area contributed by atoms with Crippen molar-refractivity contribution >= 4 is 11.8 Å². The van der Waals surface area contributed by atoms with Gasteiger partial charge in [0.1, 0.15) is 0 Å². The van der Waals surface area contributed by atoms with Crippen LogP contribution in [0.4, 0.5) is 5.69 Å². The highest BCUT2D eigenvalue weighted by atomic mass is 14.9. The first-order valence-corrected chi connectivity index (χ1v) is 5.57. The largest absolute Gasteiger partial charge is 0.384 e. The summed E-state index contributed by atoms with van der Waals surface area (Å²) in [7, 11) is 0. The number of anilines is 1. The van der Waals surface area contributed by atoms with E-state index in [1.54, 1.807) is 0 Å². The van der Waals surface area contributed by atoms with Gasteiger partial charge in [0.2, 0.25) is 0 Å². The zero-order valence-electron chi connectivity index (χ0n) is 10.2. The molecule has 0 fully saturated rings. The van der Waals surface area contributed by atoms with Crippen LogP contribution in [0.2, 0.25) is 0 Å². The van der Waals surface area contributed by atoms with Crippen molar-refractivity contribution in [2.45, 2.75) is 27.7 Å². The molecule has 1 aromatic rings. The number of hydrogen-bond acceptors (Lipinski definition) is 1. The van der Waals surface area contributed by atoms with Crippen LogP contribution in [0.15, 0.2) is 29.8 Å². The van der Waals surface area contributed by atoms with Gasteiger partial charge in [-0.1, -0.05) is 43.7 Å². The molecule has 0 unspecified atom stereocenters. The van der Waals surface area contributed by atoms with Crippen LogP contribution < -0.4 is 5.32 Å². The van der Waals surface area contributed by atoms with Crippen LogP contribution in [0.5, 0.6) is 0 Å². The second kappa shape index (κ2) is 5.59. The highest BCUT2D eigenvalue weighted by Gasteiger charge is 1.99. The van der Waals surface area contributed by atoms with Gasteiger partial charge in [-0.2, -0.15) is 0 Å². The minimum atomic E-state index is 0.671. The first-order valence-electron chi connectivity index (χ1n) is 5.57. The van der Waals surface area contributed by atoms with E-state index in [4.69, 9.17) is 0 Å². The van der Waals surface area contributed by atoms with E-state index in [1.165, 1.54) is 16.8 Å². The average molecular weight is 203 g/mol. The zero-order chi connectivity index (χ0) is 11.3. The molecule has 1 heteroatoms. The lowest BCUT2D eigenvalue weighted by Gasteiger charge is -2.11. The molecule has 0 saturated carbocycles. The fourth-order valence-corrected chi connectivity index (χ4v) is 1.41. The quantitative estimate of drug-likeness (QED) is 0.774. The van der Waals surface area contributed by atoms with Crippen molar-refractivity contribution in [1.82, 2.24) is 0 Å². The van der Waals surface area contributed by atoms with Crippen molar-refractivity contribution in [3.63, 3.8) is 0 Å². The molecule has 1 nitrogen and oxygen atoms in total. The van der Waals surface area contributed by atoms with Crippen molar-refractivity contribution in [2.24, 2.45) is 5.92 Å². The van der Waals surface area contributed by atoms with Gasteiger partial charge in [-0.25, -0.2) is 0 Å². The molecule has 1 rings (SSSR count). The summed E-state index contributed by atoms with van der Waals surface area (Å²) in [5.41, 5.74) is 3.83. The molecule has 0 spiro atoms. The molecule has 0 heterocycles. The van der Waals surface area contributed by atoms with E-state index in [2.05, 4.69) is 63.4 Å². The average Bonchev–Trinajstić information content (AvgIpc) is 2.15. The van der Waals surface area contributed by atoms with Crippen LogP contribution in [-0.4, -0.2) is 6.54 Å². The Bertz CT molecular complexity index is 333. The summed E-state index contributed by atoms with van der Waals surface area (Å²) in [4.78, 5) is 0. The highest BCUT2D eigenvalue weighted by Crippen LogP contribution is 2.18. The molecule has 0 radical (unpaired) electrons. The molecule has 0 aliphatic heterocycles. The Kier molecular flexibility index (Phi) is 4.41. The van der Waals surface area contributed by atoms with E-state index in [-0.39, 0.29) is 0 Å². The minimum Gasteiger partial charge on any atom is -0.384 e. The molecule has 0 atom stereocenters. The lowest BCUT2D eigenvalue weighted by molar-refractivity contribution is 0.689. The van der Waals surface area contributed by atoms with E-state index in [1.807, 2.05) is 0 Å². The molecule has 0 aliphatic carbocycles. The topological polar surface area (TPSA) is 12.0 Å². The molecule has 15 heavy (non-hydrogen) atoms. The summed E-state index contributed by atoms with van der Waals surface area (Å²) in [6.07, 6.45) is 2.21. The van der Waals surface area contributed by atoms with Gasteiger partial charge in [0.15, 0.2) is 0 Å². The van der Waals surface area contributed by atoms with E-state index < -0.39 is 0 Å². The van der Waals surface area contributed by atoms with Gasteiger partial charge < -0.3 is 5.32 Å². The van der Waals surface area contributed by atoms with E-state index in [9.17, 15) is 0 Å². The molecule has 0 saturated heterocycles. The highest BCUT2D eigenvalue weighted by molar-refractivity contribution is 5.67. The molecule has 0 amide bonds. The molecule has 0 aliphatic rings. The van der Waals surface area contributed by atoms with E-state index in [0.717, 1.165) is 6.54 Å². The van der Waals surface area contributed by atoms with Gasteiger partial charge in [-0.15, -0.1) is 0 Å². The molecule has 0 bridgehead atoms. The molecule has 82 valence electrons. The summed E-state index contributed by atoms with van der Waals surface area (Å²) in [5, 5.41) is 3.47. The number of benzene rings is 1. The van der Waals surface area contributed by atoms with Crippen molar-refractivity contribution in [3.05, 3.63) is 35.4 Å². The van der Waals surface area contributed by atoms with Crippen molar-refractivity contribution in [3.8, 4) is 0 Å². The third kappa shape index (κ3) is 4.20. The number of allylic oxidation sites excluding steroid dienone is 1. The predicted octanol–water partition coefficient (Wildman–Crippen LogP) is 4.18. The van der Waals surface area contributed by atoms with E-state index in [0.29, 0.717) is 5.92 Å². The third-order valence-electron chi connectivity index (χ3n) is 2.11. The Morgan fingerprint density at radius 1 is 1.27 bits per heavy atom. The van der Waals surface area contributed by atoms with Crippen LogP contribution in [0.1, 0.15) is 33.3 Å². The third-order valence-corrected chi connectivity index (χ3v) is 2.11. The van der Waals surface area contributed by atoms with Crippen molar-refractivity contribution < 1.29 is 0 Å². The lowest BCUT2D eigenvalue weighted by Crippen LogP contribution is -2.08. The first-order chi connectivity index (χ1) is 7.09. The SMILES string of the molecule is CC(C)=Cc1ccccc1NCC(C)C. The van der Waals surface area contributed by atoms with Gasteiger partial charge in [0.25, 0.3) is 0 Å². The second-order valence-corrected chi connectivity index (χ2v) is 4.58. The number of rotatable bonds is 4. The normalized spacial score (nSPS) is 10.2. The van der Waals surface area contributed by atoms with Crippen LogP contribution in [0, 0.1) is 5.92 Å². The smallest absolute Gasteiger partial charge is 0.0413 e. The van der Waals surface area contributed by atoms with Crippen LogP contribution >= 0.6 is 0 Å². The molecular formula is C14H21N. The predicted molar refractivity (Wildman–Crippen MR) is 69.1 cm³/mol. The maximum absolute atomic E-state index is 3.47. The summed E-state index contributed by atoms with van der Waals surface area (Å²) < 4.78 is 0. The van der Waals surface area contributed by atoms with Crippen molar-refractivity contribution in [1.29, 1.82) is 0 Å². The summed E-state index contributed by atoms with van der Waals surface area (Å²) >= 11 is 0. The monoisotopic (exact) mass is 203 g/mol. The number of hydrogen-bond donors (Lipinski definition) is 1. The molecular weight excluding hydrogens is 182 g/mol. The number of nitrogens with one attached hydrogen (secondary N) is 1. The van der Waals surface area contributed by atoms with Gasteiger partial charge >= 0.3 is 0 Å². The Morgan fingerprint density at radius 3 is 2.53 bits per heavy atom. The van der Waals surface area contributed by atoms with Gasteiger partial charge in [0, 0.05) is 12.2 Å². The molecule has 0 aromatic heterocycles. The Morgan fingerprint density at radius 2 is 1.93 bits per heavy atom. The Balaban J connectivity index is 2.82. The van der Waals surface area contributed by atoms with Gasteiger partial charge in [0.05, 0.1) is 0 Å². The Labute approximate surface area is 93.2 Å². The second-order valence-electron chi connectivity index (χ2n) is 4.58. The van der Waals surface area contributed by atoms with Crippen LogP contribution in [0.25, 0.3) is 6.08 Å². The van der Waals surface area contributed by atoms with Crippen LogP contribution in [0.3, 0.4) is 0 Å².